The van der Waals surface area contributed by atoms with E-state index < -0.39 is 0 Å². The number of nitrogens with zero attached hydrogens (tertiary/aromatic N) is 2. The van der Waals surface area contributed by atoms with Gasteiger partial charge in [-0.3, -0.25) is 25.3 Å². The van der Waals surface area contributed by atoms with Crippen molar-refractivity contribution >= 4 is 11.8 Å². The second-order valence-corrected chi connectivity index (χ2v) is 9.15. The molecule has 2 N–H and O–H groups in total. The van der Waals surface area contributed by atoms with E-state index in [9.17, 15) is 9.59 Å². The summed E-state index contributed by atoms with van der Waals surface area (Å²) >= 11 is 0. The molecule has 1 aliphatic heterocycles. The molecule has 182 valence electrons. The lowest BCUT2D eigenvalue weighted by molar-refractivity contribution is -0.122. The van der Waals surface area contributed by atoms with Crippen molar-refractivity contribution in [1.29, 1.82) is 0 Å². The van der Waals surface area contributed by atoms with E-state index in [0.29, 0.717) is 18.5 Å². The van der Waals surface area contributed by atoms with Gasteiger partial charge in [0.15, 0.2) is 0 Å². The van der Waals surface area contributed by atoms with E-state index >= 15 is 0 Å². The van der Waals surface area contributed by atoms with Crippen LogP contribution in [0.25, 0.3) is 0 Å². The highest BCUT2D eigenvalue weighted by molar-refractivity contribution is 5.95. The molecule has 0 atom stereocenters. The lowest BCUT2D eigenvalue weighted by Crippen LogP contribution is -2.49. The Morgan fingerprint density at radius 2 is 1.37 bits per heavy atom. The molecule has 0 aromatic heterocycles. The van der Waals surface area contributed by atoms with Gasteiger partial charge in [0.25, 0.3) is 5.91 Å². The molecule has 3 aromatic carbocycles. The monoisotopic (exact) mass is 470 g/mol. The lowest BCUT2D eigenvalue weighted by Gasteiger charge is -2.39. The third-order valence-corrected chi connectivity index (χ3v) is 6.74. The first kappa shape index (κ1) is 24.6. The second-order valence-electron chi connectivity index (χ2n) is 9.15. The summed E-state index contributed by atoms with van der Waals surface area (Å²) < 4.78 is 0. The van der Waals surface area contributed by atoms with Crippen molar-refractivity contribution in [2.75, 3.05) is 32.7 Å². The summed E-state index contributed by atoms with van der Waals surface area (Å²) in [6.45, 7) is 8.30. The molecule has 35 heavy (non-hydrogen) atoms. The minimum Gasteiger partial charge on any atom is -0.300 e. The number of nitrogens with one attached hydrogen (secondary N) is 2. The Hall–Kier alpha value is -3.48. The first-order chi connectivity index (χ1) is 17.0. The number of aryl methyl sites for hydroxylation is 2. The molecule has 0 aliphatic carbocycles. The molecule has 2 amide bonds. The number of piperazine rings is 1. The van der Waals surface area contributed by atoms with Gasteiger partial charge in [-0.1, -0.05) is 66.7 Å². The summed E-state index contributed by atoms with van der Waals surface area (Å²) in [7, 11) is 0. The Bertz CT molecular complexity index is 1090. The fraction of sp³-hybridized carbons (Fsp3) is 0.310. The molecule has 4 rings (SSSR count). The minimum absolute atomic E-state index is 0.184. The van der Waals surface area contributed by atoms with E-state index in [0.717, 1.165) is 37.3 Å². The molecule has 0 spiro atoms. The number of hydrogen-bond donors (Lipinski definition) is 2. The molecular formula is C29H34N4O2. The molecule has 0 radical (unpaired) electrons. The molecule has 0 bridgehead atoms. The van der Waals surface area contributed by atoms with E-state index in [1.807, 2.05) is 26.0 Å². The first-order valence-corrected chi connectivity index (χ1v) is 12.2. The van der Waals surface area contributed by atoms with Crippen molar-refractivity contribution in [2.45, 2.75) is 26.3 Å². The molecule has 6 heteroatoms. The van der Waals surface area contributed by atoms with Crippen molar-refractivity contribution in [1.82, 2.24) is 20.7 Å². The van der Waals surface area contributed by atoms with Gasteiger partial charge in [0, 0.05) is 44.7 Å². The number of benzene rings is 3. The van der Waals surface area contributed by atoms with E-state index in [-0.39, 0.29) is 17.9 Å². The van der Waals surface area contributed by atoms with Crippen LogP contribution in [-0.4, -0.2) is 54.3 Å². The number of carbonyl (C=O) groups is 2. The predicted octanol–water partition coefficient (Wildman–Crippen LogP) is 3.86. The normalized spacial score (nSPS) is 14.6. The number of amides is 2. The highest BCUT2D eigenvalue weighted by Gasteiger charge is 2.26. The SMILES string of the molecule is Cc1ccc(C(=O)NNC(=O)CCN2CCN(C(c3ccccc3)c3ccccc3)CC2)cc1C. The van der Waals surface area contributed by atoms with Crippen LogP contribution in [0.5, 0.6) is 0 Å². The average molecular weight is 471 g/mol. The highest BCUT2D eigenvalue weighted by atomic mass is 16.2. The van der Waals surface area contributed by atoms with Crippen LogP contribution in [0, 0.1) is 13.8 Å². The van der Waals surface area contributed by atoms with Gasteiger partial charge in [-0.2, -0.15) is 0 Å². The van der Waals surface area contributed by atoms with Crippen molar-refractivity contribution in [3.8, 4) is 0 Å². The van der Waals surface area contributed by atoms with Crippen LogP contribution in [0.4, 0.5) is 0 Å². The number of rotatable bonds is 7. The molecule has 0 unspecified atom stereocenters. The smallest absolute Gasteiger partial charge is 0.269 e. The van der Waals surface area contributed by atoms with Gasteiger partial charge in [-0.05, 0) is 48.2 Å². The summed E-state index contributed by atoms with van der Waals surface area (Å²) in [4.78, 5) is 29.5. The van der Waals surface area contributed by atoms with Gasteiger partial charge in [-0.15, -0.1) is 0 Å². The molecule has 3 aromatic rings. The second kappa shape index (κ2) is 11.8. The number of hydrazine groups is 1. The van der Waals surface area contributed by atoms with E-state index in [1.54, 1.807) is 6.07 Å². The summed E-state index contributed by atoms with van der Waals surface area (Å²) in [6, 6.07) is 27.0. The Morgan fingerprint density at radius 1 is 0.771 bits per heavy atom. The number of carbonyl (C=O) groups excluding carboxylic acids is 2. The zero-order chi connectivity index (χ0) is 24.6. The quantitative estimate of drug-likeness (QED) is 0.515. The predicted molar refractivity (Wildman–Crippen MR) is 139 cm³/mol. The highest BCUT2D eigenvalue weighted by Crippen LogP contribution is 2.29. The van der Waals surface area contributed by atoms with Crippen LogP contribution in [0.3, 0.4) is 0 Å². The maximum Gasteiger partial charge on any atom is 0.269 e. The summed E-state index contributed by atoms with van der Waals surface area (Å²) in [5, 5.41) is 0. The summed E-state index contributed by atoms with van der Waals surface area (Å²) in [5.74, 6) is -0.487. The standard InChI is InChI=1S/C29H34N4O2/c1-22-13-14-26(21-23(22)2)29(35)31-30-27(34)15-16-32-17-19-33(20-18-32)28(24-9-5-3-6-10-24)25-11-7-4-8-12-25/h3-14,21,28H,15-20H2,1-2H3,(H,30,34)(H,31,35). The zero-order valence-electron chi connectivity index (χ0n) is 20.5. The molecule has 1 aliphatic rings. The fourth-order valence-electron chi connectivity index (χ4n) is 4.53. The van der Waals surface area contributed by atoms with E-state index in [2.05, 4.69) is 81.3 Å². The van der Waals surface area contributed by atoms with Crippen molar-refractivity contribution in [3.63, 3.8) is 0 Å². The zero-order valence-corrected chi connectivity index (χ0v) is 20.5. The van der Waals surface area contributed by atoms with Crippen LogP contribution in [-0.2, 0) is 4.79 Å². The van der Waals surface area contributed by atoms with Crippen molar-refractivity contribution < 1.29 is 9.59 Å². The number of hydrogen-bond acceptors (Lipinski definition) is 4. The topological polar surface area (TPSA) is 64.7 Å². The van der Waals surface area contributed by atoms with Crippen molar-refractivity contribution in [3.05, 3.63) is 107 Å². The van der Waals surface area contributed by atoms with Crippen LogP contribution in [0.1, 0.15) is 45.1 Å². The molecule has 1 fully saturated rings. The van der Waals surface area contributed by atoms with Gasteiger partial charge < -0.3 is 4.90 Å². The van der Waals surface area contributed by atoms with Gasteiger partial charge in [0.2, 0.25) is 5.91 Å². The van der Waals surface area contributed by atoms with Gasteiger partial charge in [-0.25, -0.2) is 0 Å². The van der Waals surface area contributed by atoms with Crippen LogP contribution >= 0.6 is 0 Å². The Labute approximate surface area is 207 Å². The van der Waals surface area contributed by atoms with Crippen LogP contribution in [0.15, 0.2) is 78.9 Å². The van der Waals surface area contributed by atoms with E-state index in [4.69, 9.17) is 0 Å². The first-order valence-electron chi connectivity index (χ1n) is 12.2. The maximum absolute atomic E-state index is 12.3. The lowest BCUT2D eigenvalue weighted by atomic mass is 9.96. The molecule has 1 saturated heterocycles. The van der Waals surface area contributed by atoms with Crippen LogP contribution < -0.4 is 10.9 Å². The third kappa shape index (κ3) is 6.56. The third-order valence-electron chi connectivity index (χ3n) is 6.74. The summed E-state index contributed by atoms with van der Waals surface area (Å²) in [6.07, 6.45) is 0.341. The van der Waals surface area contributed by atoms with Gasteiger partial charge >= 0.3 is 0 Å². The largest absolute Gasteiger partial charge is 0.300 e. The molecule has 6 nitrogen and oxygen atoms in total. The molecule has 1 heterocycles. The van der Waals surface area contributed by atoms with Crippen molar-refractivity contribution in [2.24, 2.45) is 0 Å². The van der Waals surface area contributed by atoms with Gasteiger partial charge in [0.1, 0.15) is 0 Å². The van der Waals surface area contributed by atoms with Crippen LogP contribution in [0.2, 0.25) is 0 Å². The Balaban J connectivity index is 1.25. The van der Waals surface area contributed by atoms with Gasteiger partial charge in [0.05, 0.1) is 6.04 Å². The Morgan fingerprint density at radius 3 is 1.94 bits per heavy atom. The molecular weight excluding hydrogens is 436 g/mol. The fourth-order valence-corrected chi connectivity index (χ4v) is 4.53. The summed E-state index contributed by atoms with van der Waals surface area (Å²) in [5.41, 5.74) is 10.4. The Kier molecular flexibility index (Phi) is 8.29. The maximum atomic E-state index is 12.3. The minimum atomic E-state index is -0.303. The molecule has 0 saturated carbocycles. The average Bonchev–Trinajstić information content (AvgIpc) is 2.90. The van der Waals surface area contributed by atoms with E-state index in [1.165, 1.54) is 11.1 Å².